The van der Waals surface area contributed by atoms with Crippen molar-refractivity contribution in [2.75, 3.05) is 12.1 Å². The highest BCUT2D eigenvalue weighted by Crippen LogP contribution is 2.34. The van der Waals surface area contributed by atoms with Gasteiger partial charge in [-0.3, -0.25) is 9.59 Å². The lowest BCUT2D eigenvalue weighted by molar-refractivity contribution is -0.117. The number of ether oxygens (including phenoxy) is 2. The first kappa shape index (κ1) is 14.9. The number of benzene rings is 1. The van der Waals surface area contributed by atoms with Gasteiger partial charge in [-0.1, -0.05) is 0 Å². The van der Waals surface area contributed by atoms with Gasteiger partial charge >= 0.3 is 0 Å². The van der Waals surface area contributed by atoms with Crippen LogP contribution < -0.4 is 20.3 Å². The van der Waals surface area contributed by atoms with E-state index in [0.717, 1.165) is 4.68 Å². The highest BCUT2D eigenvalue weighted by atomic mass is 16.7. The molecule has 3 aromatic rings. The van der Waals surface area contributed by atoms with Crippen LogP contribution in [0.15, 0.2) is 53.6 Å². The zero-order valence-corrected chi connectivity index (χ0v) is 13.0. The third-order valence-electron chi connectivity index (χ3n) is 3.54. The van der Waals surface area contributed by atoms with E-state index in [2.05, 4.69) is 15.5 Å². The summed E-state index contributed by atoms with van der Waals surface area (Å²) in [5.74, 6) is 1.25. The molecule has 25 heavy (non-hydrogen) atoms. The van der Waals surface area contributed by atoms with Crippen LogP contribution in [0, 0.1) is 0 Å². The SMILES string of the molecule is O=C(Cn1nc(-n2cccn2)ccc1=O)Nc1ccc2c(c1)OCO2. The molecule has 4 rings (SSSR count). The first-order valence-electron chi connectivity index (χ1n) is 7.47. The number of carbonyl (C=O) groups excluding carboxylic acids is 1. The highest BCUT2D eigenvalue weighted by molar-refractivity contribution is 5.90. The van der Waals surface area contributed by atoms with Crippen molar-refractivity contribution >= 4 is 11.6 Å². The minimum Gasteiger partial charge on any atom is -0.454 e. The minimum absolute atomic E-state index is 0.159. The Kier molecular flexibility index (Phi) is 3.65. The fourth-order valence-electron chi connectivity index (χ4n) is 2.39. The van der Waals surface area contributed by atoms with Crippen molar-refractivity contribution in [3.05, 3.63) is 59.1 Å². The van der Waals surface area contributed by atoms with Crippen LogP contribution in [0.25, 0.3) is 5.82 Å². The molecule has 0 unspecified atom stereocenters. The molecule has 1 aromatic carbocycles. The Bertz CT molecular complexity index is 980. The first-order chi connectivity index (χ1) is 12.2. The highest BCUT2D eigenvalue weighted by Gasteiger charge is 2.14. The average Bonchev–Trinajstić information content (AvgIpc) is 3.27. The normalized spacial score (nSPS) is 12.2. The number of nitrogens with one attached hydrogen (secondary N) is 1. The summed E-state index contributed by atoms with van der Waals surface area (Å²) >= 11 is 0. The topological polar surface area (TPSA) is 100 Å². The Morgan fingerprint density at radius 1 is 1.20 bits per heavy atom. The molecule has 1 aliphatic heterocycles. The molecule has 9 nitrogen and oxygen atoms in total. The van der Waals surface area contributed by atoms with Gasteiger partial charge in [-0.25, -0.2) is 9.36 Å². The van der Waals surface area contributed by atoms with Gasteiger partial charge in [0.15, 0.2) is 17.3 Å². The number of fused-ring (bicyclic) bond motifs is 1. The molecule has 1 amide bonds. The summed E-state index contributed by atoms with van der Waals surface area (Å²) in [4.78, 5) is 24.2. The number of hydrogen-bond acceptors (Lipinski definition) is 6. The number of anilines is 1. The zero-order valence-electron chi connectivity index (χ0n) is 13.0. The van der Waals surface area contributed by atoms with Gasteiger partial charge in [0.25, 0.3) is 5.56 Å². The predicted octanol–water partition coefficient (Wildman–Crippen LogP) is 0.796. The summed E-state index contributed by atoms with van der Waals surface area (Å²) in [6, 6.07) is 9.70. The van der Waals surface area contributed by atoms with Gasteiger partial charge in [0, 0.05) is 30.2 Å². The Balaban J connectivity index is 1.51. The smallest absolute Gasteiger partial charge is 0.267 e. The van der Waals surface area contributed by atoms with E-state index < -0.39 is 0 Å². The molecule has 0 spiro atoms. The minimum atomic E-state index is -0.383. The largest absolute Gasteiger partial charge is 0.454 e. The van der Waals surface area contributed by atoms with Crippen molar-refractivity contribution < 1.29 is 14.3 Å². The molecule has 0 bridgehead atoms. The molecular weight excluding hydrogens is 326 g/mol. The molecule has 3 heterocycles. The summed E-state index contributed by atoms with van der Waals surface area (Å²) in [7, 11) is 0. The zero-order chi connectivity index (χ0) is 17.2. The number of carbonyl (C=O) groups is 1. The van der Waals surface area contributed by atoms with E-state index in [1.807, 2.05) is 0 Å². The van der Waals surface area contributed by atoms with Crippen LogP contribution in [0.1, 0.15) is 0 Å². The van der Waals surface area contributed by atoms with Gasteiger partial charge in [0.2, 0.25) is 12.7 Å². The first-order valence-corrected chi connectivity index (χ1v) is 7.47. The fourth-order valence-corrected chi connectivity index (χ4v) is 2.39. The van der Waals surface area contributed by atoms with Crippen LogP contribution in [0.3, 0.4) is 0 Å². The van der Waals surface area contributed by atoms with Crippen molar-refractivity contribution in [3.63, 3.8) is 0 Å². The van der Waals surface area contributed by atoms with Crippen molar-refractivity contribution in [1.29, 1.82) is 0 Å². The number of rotatable bonds is 4. The van der Waals surface area contributed by atoms with Crippen LogP contribution >= 0.6 is 0 Å². The van der Waals surface area contributed by atoms with Gasteiger partial charge in [0.05, 0.1) is 0 Å². The second-order valence-corrected chi connectivity index (χ2v) is 5.25. The number of aromatic nitrogens is 4. The van der Waals surface area contributed by atoms with Gasteiger partial charge in [-0.05, 0) is 24.3 Å². The van der Waals surface area contributed by atoms with E-state index in [9.17, 15) is 9.59 Å². The number of amides is 1. The quantitative estimate of drug-likeness (QED) is 0.754. The summed E-state index contributed by atoms with van der Waals surface area (Å²) < 4.78 is 13.1. The maximum absolute atomic E-state index is 12.2. The lowest BCUT2D eigenvalue weighted by Gasteiger charge is -2.08. The predicted molar refractivity (Wildman–Crippen MR) is 86.8 cm³/mol. The molecular formula is C16H13N5O4. The molecule has 1 N–H and O–H groups in total. The molecule has 0 radical (unpaired) electrons. The molecule has 9 heteroatoms. The summed E-state index contributed by atoms with van der Waals surface area (Å²) in [5, 5.41) is 10.9. The maximum Gasteiger partial charge on any atom is 0.267 e. The van der Waals surface area contributed by atoms with Gasteiger partial charge in [-0.2, -0.15) is 5.10 Å². The third-order valence-corrected chi connectivity index (χ3v) is 3.54. The van der Waals surface area contributed by atoms with Gasteiger partial charge < -0.3 is 14.8 Å². The third kappa shape index (κ3) is 3.07. The molecule has 126 valence electrons. The summed E-state index contributed by atoms with van der Waals surface area (Å²) in [6.45, 7) is -0.0609. The van der Waals surface area contributed by atoms with E-state index in [-0.39, 0.29) is 24.8 Å². The molecule has 0 saturated heterocycles. The maximum atomic E-state index is 12.2. The average molecular weight is 339 g/mol. The molecule has 0 saturated carbocycles. The molecule has 0 fully saturated rings. The van der Waals surface area contributed by atoms with Crippen molar-refractivity contribution in [2.24, 2.45) is 0 Å². The fraction of sp³-hybridized carbons (Fsp3) is 0.125. The second-order valence-electron chi connectivity index (χ2n) is 5.25. The van der Waals surface area contributed by atoms with E-state index in [1.54, 1.807) is 42.7 Å². The van der Waals surface area contributed by atoms with Crippen LogP contribution in [-0.2, 0) is 11.3 Å². The standard InChI is InChI=1S/C16H13N5O4/c22-15(18-11-2-3-12-13(8-11)25-10-24-12)9-21-16(23)5-4-14(19-21)20-7-1-6-17-20/h1-8H,9-10H2,(H,18,22). The van der Waals surface area contributed by atoms with Crippen LogP contribution in [0.5, 0.6) is 11.5 Å². The van der Waals surface area contributed by atoms with Crippen molar-refractivity contribution in [2.45, 2.75) is 6.54 Å². The Morgan fingerprint density at radius 3 is 2.92 bits per heavy atom. The molecule has 0 aliphatic carbocycles. The lowest BCUT2D eigenvalue weighted by atomic mass is 10.3. The van der Waals surface area contributed by atoms with Crippen LogP contribution in [0.2, 0.25) is 0 Å². The van der Waals surface area contributed by atoms with E-state index in [1.165, 1.54) is 10.7 Å². The number of nitrogens with zero attached hydrogens (tertiary/aromatic N) is 4. The summed E-state index contributed by atoms with van der Waals surface area (Å²) in [6.07, 6.45) is 3.30. The van der Waals surface area contributed by atoms with E-state index in [0.29, 0.717) is 23.0 Å². The molecule has 1 aliphatic rings. The lowest BCUT2D eigenvalue weighted by Crippen LogP contribution is -2.30. The molecule has 0 atom stereocenters. The van der Waals surface area contributed by atoms with E-state index >= 15 is 0 Å². The van der Waals surface area contributed by atoms with Crippen LogP contribution in [-0.4, -0.2) is 32.3 Å². The Hall–Kier alpha value is -3.62. The summed E-state index contributed by atoms with van der Waals surface area (Å²) in [5.41, 5.74) is 0.169. The van der Waals surface area contributed by atoms with Gasteiger partial charge in [0.1, 0.15) is 6.54 Å². The van der Waals surface area contributed by atoms with Gasteiger partial charge in [-0.15, -0.1) is 5.10 Å². The second kappa shape index (κ2) is 6.11. The Labute approximate surface area is 141 Å². The Morgan fingerprint density at radius 2 is 2.08 bits per heavy atom. The monoisotopic (exact) mass is 339 g/mol. The van der Waals surface area contributed by atoms with Crippen molar-refractivity contribution in [3.8, 4) is 17.3 Å². The number of hydrogen-bond donors (Lipinski definition) is 1. The van der Waals surface area contributed by atoms with Crippen LogP contribution in [0.4, 0.5) is 5.69 Å². The van der Waals surface area contributed by atoms with Crippen molar-refractivity contribution in [1.82, 2.24) is 19.6 Å². The van der Waals surface area contributed by atoms with E-state index in [4.69, 9.17) is 9.47 Å². The molecule has 2 aromatic heterocycles.